The third-order valence-electron chi connectivity index (χ3n) is 8.22. The SMILES string of the molecule is CCN(CC)CCCN1C(=O)C(=O)C(=C(O)c2ccc3c(c2)C[C@H](C)O3)[C@H]1c1ccc(OCc2ccccc2)c(OC)c1. The minimum Gasteiger partial charge on any atom is -0.507 e. The Labute approximate surface area is 253 Å². The number of Topliss-reactive ketones (excluding diaryl/α,β-unsaturated/α-hetero) is 1. The smallest absolute Gasteiger partial charge is 0.295 e. The second-order valence-electron chi connectivity index (χ2n) is 11.0. The lowest BCUT2D eigenvalue weighted by molar-refractivity contribution is -0.140. The average Bonchev–Trinajstić information content (AvgIpc) is 3.53. The lowest BCUT2D eigenvalue weighted by Gasteiger charge is -2.27. The van der Waals surface area contributed by atoms with Crippen LogP contribution in [-0.4, -0.2) is 66.0 Å². The number of amides is 1. The van der Waals surface area contributed by atoms with E-state index >= 15 is 0 Å². The number of hydrogen-bond acceptors (Lipinski definition) is 7. The Kier molecular flexibility index (Phi) is 9.36. The van der Waals surface area contributed by atoms with Crippen LogP contribution in [0.15, 0.2) is 72.3 Å². The van der Waals surface area contributed by atoms with Crippen LogP contribution in [0.1, 0.15) is 55.5 Å². The number of ketones is 1. The maximum atomic E-state index is 13.6. The largest absolute Gasteiger partial charge is 0.507 e. The van der Waals surface area contributed by atoms with Gasteiger partial charge in [-0.05, 0) is 80.0 Å². The molecular weight excluding hydrogens is 544 g/mol. The van der Waals surface area contributed by atoms with Crippen LogP contribution >= 0.6 is 0 Å². The normalized spacial score (nSPS) is 19.0. The van der Waals surface area contributed by atoms with E-state index in [2.05, 4.69) is 18.7 Å². The highest BCUT2D eigenvalue weighted by Crippen LogP contribution is 2.43. The molecule has 8 heteroatoms. The number of aliphatic hydroxyl groups excluding tert-OH is 1. The number of methoxy groups -OCH3 is 1. The highest BCUT2D eigenvalue weighted by atomic mass is 16.5. The van der Waals surface area contributed by atoms with Crippen LogP contribution in [0.4, 0.5) is 0 Å². The van der Waals surface area contributed by atoms with Gasteiger partial charge in [0.2, 0.25) is 0 Å². The molecule has 1 amide bonds. The quantitative estimate of drug-likeness (QED) is 0.165. The lowest BCUT2D eigenvalue weighted by Crippen LogP contribution is -2.33. The molecule has 2 aliphatic rings. The van der Waals surface area contributed by atoms with Gasteiger partial charge in [-0.3, -0.25) is 9.59 Å². The number of carbonyl (C=O) groups excluding carboxylic acids is 2. The van der Waals surface area contributed by atoms with Crippen molar-refractivity contribution < 1.29 is 28.9 Å². The van der Waals surface area contributed by atoms with Gasteiger partial charge in [-0.25, -0.2) is 0 Å². The fourth-order valence-electron chi connectivity index (χ4n) is 5.90. The summed E-state index contributed by atoms with van der Waals surface area (Å²) in [6.45, 7) is 9.53. The van der Waals surface area contributed by atoms with Gasteiger partial charge >= 0.3 is 0 Å². The second kappa shape index (κ2) is 13.3. The zero-order valence-corrected chi connectivity index (χ0v) is 25.3. The van der Waals surface area contributed by atoms with Crippen molar-refractivity contribution in [2.75, 3.05) is 33.3 Å². The van der Waals surface area contributed by atoms with Gasteiger partial charge in [0, 0.05) is 18.5 Å². The molecule has 0 aliphatic carbocycles. The standard InChI is InChI=1S/C35H40N2O6/c1-5-36(6-2)17-10-18-37-32(25-13-16-29(30(21-25)41-4)42-22-24-11-8-7-9-12-24)31(34(39)35(37)40)33(38)26-14-15-28-27(20-26)19-23(3)43-28/h7-9,11-16,20-21,23,32,38H,5-6,10,17-19,22H2,1-4H3/t23-,32+/m0/s1. The van der Waals surface area contributed by atoms with Crippen molar-refractivity contribution in [2.24, 2.45) is 0 Å². The molecule has 1 fully saturated rings. The van der Waals surface area contributed by atoms with Gasteiger partial charge in [-0.15, -0.1) is 0 Å². The van der Waals surface area contributed by atoms with Crippen LogP contribution in [0.5, 0.6) is 17.2 Å². The van der Waals surface area contributed by atoms with Crippen LogP contribution in [0.2, 0.25) is 0 Å². The summed E-state index contributed by atoms with van der Waals surface area (Å²) in [4.78, 5) is 31.0. The van der Waals surface area contributed by atoms with Crippen LogP contribution in [0.3, 0.4) is 0 Å². The van der Waals surface area contributed by atoms with E-state index in [9.17, 15) is 14.7 Å². The number of likely N-dealkylation sites (tertiary alicyclic amines) is 1. The van der Waals surface area contributed by atoms with Crippen molar-refractivity contribution in [1.29, 1.82) is 0 Å². The van der Waals surface area contributed by atoms with E-state index in [1.807, 2.05) is 55.5 Å². The van der Waals surface area contributed by atoms with Crippen molar-refractivity contribution in [1.82, 2.24) is 9.80 Å². The Balaban J connectivity index is 1.52. The number of ether oxygens (including phenoxy) is 3. The van der Waals surface area contributed by atoms with Gasteiger partial charge in [-0.1, -0.05) is 50.2 Å². The van der Waals surface area contributed by atoms with Crippen LogP contribution in [0, 0.1) is 0 Å². The summed E-state index contributed by atoms with van der Waals surface area (Å²) in [6.07, 6.45) is 1.44. The molecule has 8 nitrogen and oxygen atoms in total. The Morgan fingerprint density at radius 3 is 2.51 bits per heavy atom. The number of hydrogen-bond donors (Lipinski definition) is 1. The Hall–Kier alpha value is -4.30. The molecule has 226 valence electrons. The van der Waals surface area contributed by atoms with Gasteiger partial charge in [0.15, 0.2) is 11.5 Å². The monoisotopic (exact) mass is 584 g/mol. The number of aliphatic hydroxyl groups is 1. The molecule has 2 aliphatic heterocycles. The molecule has 3 aromatic rings. The maximum absolute atomic E-state index is 13.6. The van der Waals surface area contributed by atoms with Crippen molar-refractivity contribution in [3.63, 3.8) is 0 Å². The van der Waals surface area contributed by atoms with Gasteiger partial charge in [-0.2, -0.15) is 0 Å². The molecule has 0 radical (unpaired) electrons. The van der Waals surface area contributed by atoms with Crippen molar-refractivity contribution in [2.45, 2.75) is 52.4 Å². The van der Waals surface area contributed by atoms with Crippen molar-refractivity contribution >= 4 is 17.4 Å². The van der Waals surface area contributed by atoms with Crippen LogP contribution < -0.4 is 14.2 Å². The first-order valence-corrected chi connectivity index (χ1v) is 15.0. The highest BCUT2D eigenvalue weighted by Gasteiger charge is 2.46. The molecule has 0 saturated carbocycles. The van der Waals surface area contributed by atoms with Gasteiger partial charge in [0.1, 0.15) is 24.2 Å². The average molecular weight is 585 g/mol. The summed E-state index contributed by atoms with van der Waals surface area (Å²) in [5, 5.41) is 11.6. The van der Waals surface area contributed by atoms with E-state index in [0.29, 0.717) is 48.6 Å². The van der Waals surface area contributed by atoms with E-state index in [1.54, 1.807) is 30.2 Å². The predicted octanol–water partition coefficient (Wildman–Crippen LogP) is 5.75. The lowest BCUT2D eigenvalue weighted by atomic mass is 9.94. The molecule has 0 bridgehead atoms. The molecule has 2 atom stereocenters. The molecule has 0 unspecified atom stereocenters. The minimum absolute atomic E-state index is 0.0406. The number of fused-ring (bicyclic) bond motifs is 1. The van der Waals surface area contributed by atoms with E-state index < -0.39 is 17.7 Å². The minimum atomic E-state index is -0.780. The van der Waals surface area contributed by atoms with Gasteiger partial charge in [0.25, 0.3) is 11.7 Å². The van der Waals surface area contributed by atoms with E-state index in [0.717, 1.165) is 36.5 Å². The summed E-state index contributed by atoms with van der Waals surface area (Å²) >= 11 is 0. The Bertz CT molecular complexity index is 1500. The van der Waals surface area contributed by atoms with E-state index in [4.69, 9.17) is 14.2 Å². The van der Waals surface area contributed by atoms with Gasteiger partial charge in [0.05, 0.1) is 18.7 Å². The fourth-order valence-corrected chi connectivity index (χ4v) is 5.90. The Morgan fingerprint density at radius 1 is 1.02 bits per heavy atom. The number of rotatable bonds is 12. The summed E-state index contributed by atoms with van der Waals surface area (Å²) in [5.74, 6) is 0.284. The first-order chi connectivity index (χ1) is 20.8. The zero-order valence-electron chi connectivity index (χ0n) is 25.3. The molecule has 1 N–H and O–H groups in total. The number of nitrogens with zero attached hydrogens (tertiary/aromatic N) is 2. The van der Waals surface area contributed by atoms with E-state index in [1.165, 1.54) is 0 Å². The molecular formula is C35H40N2O6. The molecule has 2 heterocycles. The molecule has 43 heavy (non-hydrogen) atoms. The Morgan fingerprint density at radius 2 is 1.79 bits per heavy atom. The first-order valence-electron chi connectivity index (χ1n) is 15.0. The summed E-state index contributed by atoms with van der Waals surface area (Å²) in [5.41, 5.74) is 3.19. The maximum Gasteiger partial charge on any atom is 0.295 e. The third-order valence-corrected chi connectivity index (χ3v) is 8.22. The molecule has 3 aromatic carbocycles. The number of carbonyl (C=O) groups is 2. The summed E-state index contributed by atoms with van der Waals surface area (Å²) in [7, 11) is 1.56. The van der Waals surface area contributed by atoms with Crippen molar-refractivity contribution in [3.8, 4) is 17.2 Å². The van der Waals surface area contributed by atoms with Gasteiger partial charge < -0.3 is 29.1 Å². The molecule has 0 aromatic heterocycles. The summed E-state index contributed by atoms with van der Waals surface area (Å²) in [6, 6.07) is 19.9. The first kappa shape index (κ1) is 30.2. The van der Waals surface area contributed by atoms with Crippen LogP contribution in [0.25, 0.3) is 5.76 Å². The third kappa shape index (κ3) is 6.39. The highest BCUT2D eigenvalue weighted by molar-refractivity contribution is 6.46. The van der Waals surface area contributed by atoms with Crippen LogP contribution in [-0.2, 0) is 22.6 Å². The van der Waals surface area contributed by atoms with Crippen molar-refractivity contribution in [3.05, 3.63) is 94.6 Å². The fraction of sp³-hybridized carbons (Fsp3) is 0.371. The zero-order chi connectivity index (χ0) is 30.5. The number of benzene rings is 3. The van der Waals surface area contributed by atoms with E-state index in [-0.39, 0.29) is 17.4 Å². The summed E-state index contributed by atoms with van der Waals surface area (Å²) < 4.78 is 17.6. The molecule has 0 spiro atoms. The molecule has 1 saturated heterocycles. The predicted molar refractivity (Wildman–Crippen MR) is 165 cm³/mol. The second-order valence-corrected chi connectivity index (χ2v) is 11.0. The topological polar surface area (TPSA) is 88.5 Å². The molecule has 5 rings (SSSR count).